The first kappa shape index (κ1) is 11.8. The first-order valence-corrected chi connectivity index (χ1v) is 4.49. The van der Waals surface area contributed by atoms with Gasteiger partial charge in [-0.3, -0.25) is 0 Å². The summed E-state index contributed by atoms with van der Waals surface area (Å²) in [6, 6.07) is 0. The van der Waals surface area contributed by atoms with Crippen molar-refractivity contribution in [3.63, 3.8) is 0 Å². The zero-order valence-corrected chi connectivity index (χ0v) is 7.91. The van der Waals surface area contributed by atoms with Crippen LogP contribution in [0.3, 0.4) is 0 Å². The van der Waals surface area contributed by atoms with E-state index in [0.717, 1.165) is 6.42 Å². The molecule has 0 aromatic heterocycles. The van der Waals surface area contributed by atoms with Crippen LogP contribution in [0.1, 0.15) is 39.0 Å². The van der Waals surface area contributed by atoms with Gasteiger partial charge in [-0.2, -0.15) is 0 Å². The van der Waals surface area contributed by atoms with Gasteiger partial charge in [0.05, 0.1) is 0 Å². The number of hydrogen-bond donors (Lipinski definition) is 0. The molecule has 1 nitrogen and oxygen atoms in total. The average molecular weight is 180 g/mol. The molecular weight excluding hydrogens is 162 g/mol. The maximum Gasteiger partial charge on any atom is 0.248 e. The molecule has 0 spiro atoms. The Morgan fingerprint density at radius 2 is 1.83 bits per heavy atom. The fourth-order valence-electron chi connectivity index (χ4n) is 1.12. The van der Waals surface area contributed by atoms with E-state index in [9.17, 15) is 8.78 Å². The third kappa shape index (κ3) is 6.53. The first-order valence-electron chi connectivity index (χ1n) is 4.49. The van der Waals surface area contributed by atoms with Crippen LogP contribution in [0.15, 0.2) is 0 Å². The SMILES string of the molecule is CCCC(F)(F)CCCCOC. The number of methoxy groups -OCH3 is 1. The van der Waals surface area contributed by atoms with Crippen LogP contribution in [0.25, 0.3) is 0 Å². The Morgan fingerprint density at radius 3 is 2.33 bits per heavy atom. The fraction of sp³-hybridized carbons (Fsp3) is 1.00. The molecule has 3 heteroatoms. The minimum atomic E-state index is -2.46. The third-order valence-electron chi connectivity index (χ3n) is 1.76. The Hall–Kier alpha value is -0.180. The molecule has 0 heterocycles. The minimum Gasteiger partial charge on any atom is -0.385 e. The van der Waals surface area contributed by atoms with Gasteiger partial charge in [0.1, 0.15) is 0 Å². The Labute approximate surface area is 73.1 Å². The Morgan fingerprint density at radius 1 is 1.17 bits per heavy atom. The maximum atomic E-state index is 12.8. The van der Waals surface area contributed by atoms with Crippen LogP contribution in [-0.4, -0.2) is 19.6 Å². The summed E-state index contributed by atoms with van der Waals surface area (Å²) >= 11 is 0. The van der Waals surface area contributed by atoms with E-state index < -0.39 is 5.92 Å². The van der Waals surface area contributed by atoms with Gasteiger partial charge in [-0.25, -0.2) is 8.78 Å². The molecule has 0 radical (unpaired) electrons. The minimum absolute atomic E-state index is 0.00417. The van der Waals surface area contributed by atoms with Crippen molar-refractivity contribution in [1.82, 2.24) is 0 Å². The highest BCUT2D eigenvalue weighted by molar-refractivity contribution is 4.64. The number of unbranched alkanes of at least 4 members (excludes halogenated alkanes) is 1. The highest BCUT2D eigenvalue weighted by Crippen LogP contribution is 2.26. The molecule has 0 unspecified atom stereocenters. The lowest BCUT2D eigenvalue weighted by Gasteiger charge is -2.14. The number of rotatable bonds is 7. The quantitative estimate of drug-likeness (QED) is 0.546. The van der Waals surface area contributed by atoms with E-state index in [1.54, 1.807) is 14.0 Å². The van der Waals surface area contributed by atoms with Crippen LogP contribution < -0.4 is 0 Å². The van der Waals surface area contributed by atoms with Crippen molar-refractivity contribution < 1.29 is 13.5 Å². The van der Waals surface area contributed by atoms with Crippen molar-refractivity contribution in [2.45, 2.75) is 45.0 Å². The second-order valence-electron chi connectivity index (χ2n) is 3.06. The van der Waals surface area contributed by atoms with E-state index in [2.05, 4.69) is 0 Å². The van der Waals surface area contributed by atoms with Gasteiger partial charge in [0.2, 0.25) is 5.92 Å². The number of hydrogen-bond acceptors (Lipinski definition) is 1. The monoisotopic (exact) mass is 180 g/mol. The molecule has 0 aliphatic heterocycles. The van der Waals surface area contributed by atoms with Gasteiger partial charge in [-0.1, -0.05) is 13.3 Å². The van der Waals surface area contributed by atoms with Gasteiger partial charge in [-0.05, 0) is 12.8 Å². The van der Waals surface area contributed by atoms with Crippen LogP contribution in [0.4, 0.5) is 8.78 Å². The highest BCUT2D eigenvalue weighted by atomic mass is 19.3. The van der Waals surface area contributed by atoms with E-state index in [4.69, 9.17) is 4.74 Å². The zero-order chi connectivity index (χ0) is 9.45. The summed E-state index contributed by atoms with van der Waals surface area (Å²) in [6.45, 7) is 2.37. The van der Waals surface area contributed by atoms with Gasteiger partial charge in [0.15, 0.2) is 0 Å². The normalized spacial score (nSPS) is 12.0. The average Bonchev–Trinajstić information content (AvgIpc) is 1.98. The summed E-state index contributed by atoms with van der Waals surface area (Å²) in [7, 11) is 1.59. The molecule has 0 aliphatic carbocycles. The summed E-state index contributed by atoms with van der Waals surface area (Å²) in [5.41, 5.74) is 0. The lowest BCUT2D eigenvalue weighted by molar-refractivity contribution is -0.0200. The smallest absolute Gasteiger partial charge is 0.248 e. The lowest BCUT2D eigenvalue weighted by Crippen LogP contribution is -2.15. The summed E-state index contributed by atoms with van der Waals surface area (Å²) in [6.07, 6.45) is 1.86. The molecule has 0 aromatic carbocycles. The molecule has 0 fully saturated rings. The van der Waals surface area contributed by atoms with Crippen LogP contribution in [0.2, 0.25) is 0 Å². The molecule has 74 valence electrons. The van der Waals surface area contributed by atoms with Crippen LogP contribution in [-0.2, 0) is 4.74 Å². The van der Waals surface area contributed by atoms with E-state index >= 15 is 0 Å². The number of halogens is 2. The molecule has 0 saturated carbocycles. The van der Waals surface area contributed by atoms with Crippen LogP contribution in [0, 0.1) is 0 Å². The van der Waals surface area contributed by atoms with Gasteiger partial charge < -0.3 is 4.74 Å². The van der Waals surface area contributed by atoms with Crippen molar-refractivity contribution in [2.75, 3.05) is 13.7 Å². The Kier molecular flexibility index (Phi) is 6.25. The van der Waals surface area contributed by atoms with Gasteiger partial charge in [0.25, 0.3) is 0 Å². The molecule has 0 saturated heterocycles. The summed E-state index contributed by atoms with van der Waals surface area (Å²) in [4.78, 5) is 0. The summed E-state index contributed by atoms with van der Waals surface area (Å²) in [5.74, 6) is -2.46. The van der Waals surface area contributed by atoms with E-state index in [-0.39, 0.29) is 12.8 Å². The Bertz CT molecular complexity index is 105. The predicted octanol–water partition coefficient (Wildman–Crippen LogP) is 3.24. The maximum absolute atomic E-state index is 12.8. The predicted molar refractivity (Wildman–Crippen MR) is 45.6 cm³/mol. The van der Waals surface area contributed by atoms with E-state index in [1.165, 1.54) is 0 Å². The van der Waals surface area contributed by atoms with E-state index in [0.29, 0.717) is 19.4 Å². The molecule has 0 aliphatic rings. The molecule has 12 heavy (non-hydrogen) atoms. The van der Waals surface area contributed by atoms with Crippen LogP contribution in [0.5, 0.6) is 0 Å². The number of alkyl halides is 2. The Balaban J connectivity index is 3.33. The van der Waals surface area contributed by atoms with Crippen molar-refractivity contribution in [2.24, 2.45) is 0 Å². The van der Waals surface area contributed by atoms with Crippen molar-refractivity contribution in [3.8, 4) is 0 Å². The molecular formula is C9H18F2O. The molecule has 0 N–H and O–H groups in total. The molecule has 0 aromatic rings. The fourth-order valence-corrected chi connectivity index (χ4v) is 1.12. The molecule has 0 atom stereocenters. The second kappa shape index (κ2) is 6.35. The standard InChI is InChI=1S/C9H18F2O/c1-3-6-9(10,11)7-4-5-8-12-2/h3-8H2,1-2H3. The summed E-state index contributed by atoms with van der Waals surface area (Å²) in [5, 5.41) is 0. The zero-order valence-electron chi connectivity index (χ0n) is 7.91. The lowest BCUT2D eigenvalue weighted by atomic mass is 10.1. The number of ether oxygens (including phenoxy) is 1. The van der Waals surface area contributed by atoms with Gasteiger partial charge in [-0.15, -0.1) is 0 Å². The summed E-state index contributed by atoms with van der Waals surface area (Å²) < 4.78 is 30.4. The van der Waals surface area contributed by atoms with Crippen molar-refractivity contribution in [1.29, 1.82) is 0 Å². The highest BCUT2D eigenvalue weighted by Gasteiger charge is 2.26. The van der Waals surface area contributed by atoms with Crippen molar-refractivity contribution >= 4 is 0 Å². The topological polar surface area (TPSA) is 9.23 Å². The van der Waals surface area contributed by atoms with Gasteiger partial charge >= 0.3 is 0 Å². The molecule has 0 bridgehead atoms. The molecule has 0 amide bonds. The molecule has 0 rings (SSSR count). The van der Waals surface area contributed by atoms with E-state index in [1.807, 2.05) is 0 Å². The van der Waals surface area contributed by atoms with Crippen molar-refractivity contribution in [3.05, 3.63) is 0 Å². The largest absolute Gasteiger partial charge is 0.385 e. The first-order chi connectivity index (χ1) is 5.62. The van der Waals surface area contributed by atoms with Gasteiger partial charge in [0, 0.05) is 26.6 Å². The third-order valence-corrected chi connectivity index (χ3v) is 1.76. The van der Waals surface area contributed by atoms with Crippen LogP contribution >= 0.6 is 0 Å². The second-order valence-corrected chi connectivity index (χ2v) is 3.06.